The van der Waals surface area contributed by atoms with E-state index in [1.165, 1.54) is 11.1 Å². The summed E-state index contributed by atoms with van der Waals surface area (Å²) in [4.78, 5) is 15.6. The van der Waals surface area contributed by atoms with Crippen LogP contribution in [-0.4, -0.2) is 36.5 Å². The minimum absolute atomic E-state index is 0.0449. The molecule has 0 spiro atoms. The predicted molar refractivity (Wildman–Crippen MR) is 140 cm³/mol. The zero-order chi connectivity index (χ0) is 23.2. The molecule has 1 saturated heterocycles. The number of benzene rings is 4. The maximum atomic E-state index is 13.0. The third-order valence-corrected chi connectivity index (χ3v) is 7.09. The number of fused-ring (bicyclic) bond motifs is 1. The van der Waals surface area contributed by atoms with E-state index in [1.54, 1.807) is 0 Å². The Balaban J connectivity index is 1.17. The second-order valence-corrected chi connectivity index (χ2v) is 9.28. The summed E-state index contributed by atoms with van der Waals surface area (Å²) in [7, 11) is 0. The normalized spacial score (nSPS) is 15.0. The van der Waals surface area contributed by atoms with Crippen molar-refractivity contribution in [3.8, 4) is 0 Å². The fourth-order valence-corrected chi connectivity index (χ4v) is 5.20. The van der Waals surface area contributed by atoms with Gasteiger partial charge in [-0.2, -0.15) is 0 Å². The van der Waals surface area contributed by atoms with Gasteiger partial charge in [-0.15, -0.1) is 0 Å². The summed E-state index contributed by atoms with van der Waals surface area (Å²) < 4.78 is 0. The van der Waals surface area contributed by atoms with Crippen LogP contribution in [0.1, 0.15) is 46.7 Å². The first-order valence-electron chi connectivity index (χ1n) is 12.4. The standard InChI is InChI=1S/C31H32N2O/c34-31(30-17-9-15-26-14-7-8-16-29(26)30)32-27-18-21-33(22-19-27)23-20-28(24-10-3-1-4-11-24)25-12-5-2-6-13-25/h1-17,27-28H,18-23H2,(H,32,34). The Labute approximate surface area is 202 Å². The quantitative estimate of drug-likeness (QED) is 0.362. The van der Waals surface area contributed by atoms with Gasteiger partial charge in [-0.25, -0.2) is 0 Å². The van der Waals surface area contributed by atoms with E-state index in [1.807, 2.05) is 30.3 Å². The fraction of sp³-hybridized carbons (Fsp3) is 0.258. The van der Waals surface area contributed by atoms with Gasteiger partial charge in [0.25, 0.3) is 5.91 Å². The van der Waals surface area contributed by atoms with E-state index in [2.05, 4.69) is 83.0 Å². The number of amides is 1. The highest BCUT2D eigenvalue weighted by Gasteiger charge is 2.23. The zero-order valence-electron chi connectivity index (χ0n) is 19.6. The fourth-order valence-electron chi connectivity index (χ4n) is 5.20. The minimum atomic E-state index is 0.0449. The number of nitrogens with zero attached hydrogens (tertiary/aromatic N) is 1. The minimum Gasteiger partial charge on any atom is -0.349 e. The van der Waals surface area contributed by atoms with Crippen LogP contribution in [0, 0.1) is 0 Å². The summed E-state index contributed by atoms with van der Waals surface area (Å²) in [5.41, 5.74) is 3.53. The molecule has 0 radical (unpaired) electrons. The monoisotopic (exact) mass is 448 g/mol. The lowest BCUT2D eigenvalue weighted by Crippen LogP contribution is -2.45. The summed E-state index contributed by atoms with van der Waals surface area (Å²) in [5.74, 6) is 0.453. The van der Waals surface area contributed by atoms with Crippen LogP contribution in [0.25, 0.3) is 10.8 Å². The van der Waals surface area contributed by atoms with Crippen LogP contribution in [-0.2, 0) is 0 Å². The molecule has 0 atom stereocenters. The van der Waals surface area contributed by atoms with Gasteiger partial charge in [0.05, 0.1) is 0 Å². The van der Waals surface area contributed by atoms with Crippen molar-refractivity contribution in [2.75, 3.05) is 19.6 Å². The molecule has 0 unspecified atom stereocenters. The first-order chi connectivity index (χ1) is 16.8. The molecular weight excluding hydrogens is 416 g/mol. The number of hydrogen-bond acceptors (Lipinski definition) is 2. The topological polar surface area (TPSA) is 32.3 Å². The van der Waals surface area contributed by atoms with E-state index in [-0.39, 0.29) is 11.9 Å². The van der Waals surface area contributed by atoms with Crippen LogP contribution in [0.15, 0.2) is 103 Å². The molecule has 1 amide bonds. The molecule has 4 aromatic rings. The lowest BCUT2D eigenvalue weighted by molar-refractivity contribution is 0.0912. The summed E-state index contributed by atoms with van der Waals surface area (Å²) in [5, 5.41) is 5.43. The number of carbonyl (C=O) groups is 1. The second-order valence-electron chi connectivity index (χ2n) is 9.28. The Kier molecular flexibility index (Phi) is 7.02. The van der Waals surface area contributed by atoms with Crippen molar-refractivity contribution in [3.63, 3.8) is 0 Å². The van der Waals surface area contributed by atoms with Gasteiger partial charge in [0, 0.05) is 30.6 Å². The Bertz CT molecular complexity index is 1170. The maximum Gasteiger partial charge on any atom is 0.252 e. The van der Waals surface area contributed by atoms with Crippen LogP contribution >= 0.6 is 0 Å². The molecule has 0 aromatic heterocycles. The van der Waals surface area contributed by atoms with Crippen LogP contribution in [0.5, 0.6) is 0 Å². The molecule has 0 saturated carbocycles. The highest BCUT2D eigenvalue weighted by atomic mass is 16.1. The van der Waals surface area contributed by atoms with Crippen molar-refractivity contribution in [1.29, 1.82) is 0 Å². The average molecular weight is 449 g/mol. The highest BCUT2D eigenvalue weighted by Crippen LogP contribution is 2.28. The van der Waals surface area contributed by atoms with E-state index in [0.717, 1.165) is 55.2 Å². The third-order valence-electron chi connectivity index (χ3n) is 7.09. The lowest BCUT2D eigenvalue weighted by atomic mass is 9.88. The van der Waals surface area contributed by atoms with Gasteiger partial charge in [0.2, 0.25) is 0 Å². The van der Waals surface area contributed by atoms with Gasteiger partial charge in [0.15, 0.2) is 0 Å². The number of nitrogens with one attached hydrogen (secondary N) is 1. The number of likely N-dealkylation sites (tertiary alicyclic amines) is 1. The maximum absolute atomic E-state index is 13.0. The predicted octanol–water partition coefficient (Wildman–Crippen LogP) is 6.26. The van der Waals surface area contributed by atoms with E-state index in [4.69, 9.17) is 0 Å². The molecule has 4 aromatic carbocycles. The molecule has 3 heteroatoms. The largest absolute Gasteiger partial charge is 0.349 e. The van der Waals surface area contributed by atoms with Gasteiger partial charge >= 0.3 is 0 Å². The molecule has 0 aliphatic carbocycles. The summed E-state index contributed by atoms with van der Waals surface area (Å²) in [6, 6.07) is 36.0. The van der Waals surface area contributed by atoms with E-state index in [0.29, 0.717) is 5.92 Å². The number of carbonyl (C=O) groups excluding carboxylic acids is 1. The van der Waals surface area contributed by atoms with Crippen molar-refractivity contribution in [1.82, 2.24) is 10.2 Å². The molecule has 5 rings (SSSR count). The van der Waals surface area contributed by atoms with Gasteiger partial charge in [0.1, 0.15) is 0 Å². The summed E-state index contributed by atoms with van der Waals surface area (Å²) in [6.45, 7) is 3.12. The molecule has 0 bridgehead atoms. The molecule has 1 aliphatic rings. The smallest absolute Gasteiger partial charge is 0.252 e. The van der Waals surface area contributed by atoms with Gasteiger partial charge in [-0.1, -0.05) is 97.1 Å². The van der Waals surface area contributed by atoms with Crippen molar-refractivity contribution >= 4 is 16.7 Å². The van der Waals surface area contributed by atoms with Gasteiger partial charge < -0.3 is 10.2 Å². The van der Waals surface area contributed by atoms with Crippen molar-refractivity contribution < 1.29 is 4.79 Å². The van der Waals surface area contributed by atoms with E-state index >= 15 is 0 Å². The number of hydrogen-bond donors (Lipinski definition) is 1. The van der Waals surface area contributed by atoms with Gasteiger partial charge in [-0.05, 0) is 53.8 Å². The SMILES string of the molecule is O=C(NC1CCN(CCC(c2ccccc2)c2ccccc2)CC1)c1cccc2ccccc12. The summed E-state index contributed by atoms with van der Waals surface area (Å²) >= 11 is 0. The third kappa shape index (κ3) is 5.21. The van der Waals surface area contributed by atoms with Gasteiger partial charge in [-0.3, -0.25) is 4.79 Å². The lowest BCUT2D eigenvalue weighted by Gasteiger charge is -2.33. The van der Waals surface area contributed by atoms with Crippen molar-refractivity contribution in [3.05, 3.63) is 120 Å². The Hall–Kier alpha value is -3.43. The molecule has 3 nitrogen and oxygen atoms in total. The number of piperidine rings is 1. The van der Waals surface area contributed by atoms with Crippen LogP contribution in [0.3, 0.4) is 0 Å². The Morgan fingerprint density at radius 2 is 1.35 bits per heavy atom. The average Bonchev–Trinajstić information content (AvgIpc) is 2.90. The highest BCUT2D eigenvalue weighted by molar-refractivity contribution is 6.07. The Morgan fingerprint density at radius 1 is 0.765 bits per heavy atom. The van der Waals surface area contributed by atoms with E-state index in [9.17, 15) is 4.79 Å². The zero-order valence-corrected chi connectivity index (χ0v) is 19.6. The van der Waals surface area contributed by atoms with Crippen LogP contribution < -0.4 is 5.32 Å². The first-order valence-corrected chi connectivity index (χ1v) is 12.4. The van der Waals surface area contributed by atoms with Crippen molar-refractivity contribution in [2.24, 2.45) is 0 Å². The van der Waals surface area contributed by atoms with Crippen LogP contribution in [0.4, 0.5) is 0 Å². The molecule has 1 heterocycles. The molecule has 1 aliphatic heterocycles. The molecule has 34 heavy (non-hydrogen) atoms. The summed E-state index contributed by atoms with van der Waals surface area (Å²) in [6.07, 6.45) is 3.09. The second kappa shape index (κ2) is 10.7. The first kappa shape index (κ1) is 22.4. The molecule has 1 N–H and O–H groups in total. The van der Waals surface area contributed by atoms with Crippen LogP contribution in [0.2, 0.25) is 0 Å². The molecule has 172 valence electrons. The molecule has 1 fully saturated rings. The Morgan fingerprint density at radius 3 is 2.03 bits per heavy atom. The number of rotatable bonds is 7. The molecular formula is C31H32N2O. The van der Waals surface area contributed by atoms with Crippen molar-refractivity contribution in [2.45, 2.75) is 31.2 Å². The van der Waals surface area contributed by atoms with E-state index < -0.39 is 0 Å².